The molecule has 0 bridgehead atoms. The van der Waals surface area contributed by atoms with Gasteiger partial charge in [0, 0.05) is 24.0 Å². The lowest BCUT2D eigenvalue weighted by molar-refractivity contribution is -0.143. The van der Waals surface area contributed by atoms with E-state index in [-0.39, 0.29) is 36.8 Å². The second kappa shape index (κ2) is 12.9. The number of amides is 2. The minimum atomic E-state index is -0.785. The van der Waals surface area contributed by atoms with E-state index in [1.54, 1.807) is 36.4 Å². The van der Waals surface area contributed by atoms with E-state index in [2.05, 4.69) is 5.32 Å². The van der Waals surface area contributed by atoms with Crippen LogP contribution in [0, 0.1) is 5.82 Å². The van der Waals surface area contributed by atoms with Crippen LogP contribution in [0.5, 0.6) is 5.75 Å². The Morgan fingerprint density at radius 1 is 1.00 bits per heavy atom. The average Bonchev–Trinajstić information content (AvgIpc) is 2.86. The number of carbonyl (C=O) groups is 2. The highest BCUT2D eigenvalue weighted by Gasteiger charge is 2.31. The smallest absolute Gasteiger partial charge is 0.261 e. The van der Waals surface area contributed by atoms with Crippen LogP contribution in [-0.4, -0.2) is 35.4 Å². The number of carbonyl (C=O) groups excluding carboxylic acids is 2. The third-order valence-corrected chi connectivity index (χ3v) is 5.93. The van der Waals surface area contributed by atoms with E-state index in [0.29, 0.717) is 22.8 Å². The molecule has 35 heavy (non-hydrogen) atoms. The van der Waals surface area contributed by atoms with Crippen molar-refractivity contribution in [3.05, 3.63) is 101 Å². The van der Waals surface area contributed by atoms with Crippen molar-refractivity contribution in [3.63, 3.8) is 0 Å². The highest BCUT2D eigenvalue weighted by molar-refractivity contribution is 6.30. The standard InChI is InChI=1S/C28H30ClFN2O3/c1-3-20(2)31-28(34)26(16-21-8-5-4-6-9-21)32(18-22-12-14-24(30)15-13-22)27(33)19-35-25-11-7-10-23(29)17-25/h4-15,17,20,26H,3,16,18-19H2,1-2H3,(H,31,34)/t20-,26+/m1/s1. The Kier molecular flexibility index (Phi) is 9.67. The molecule has 0 aliphatic rings. The Morgan fingerprint density at radius 2 is 1.71 bits per heavy atom. The Hall–Kier alpha value is -3.38. The molecular weight excluding hydrogens is 467 g/mol. The van der Waals surface area contributed by atoms with Crippen LogP contribution in [0.3, 0.4) is 0 Å². The third kappa shape index (κ3) is 8.11. The molecule has 0 saturated heterocycles. The van der Waals surface area contributed by atoms with Crippen LogP contribution < -0.4 is 10.1 Å². The fourth-order valence-electron chi connectivity index (χ4n) is 3.57. The predicted molar refractivity (Wildman–Crippen MR) is 136 cm³/mol. The molecule has 0 heterocycles. The fraction of sp³-hybridized carbons (Fsp3) is 0.286. The van der Waals surface area contributed by atoms with Crippen LogP contribution in [0.15, 0.2) is 78.9 Å². The fourth-order valence-corrected chi connectivity index (χ4v) is 3.75. The molecule has 2 amide bonds. The average molecular weight is 497 g/mol. The summed E-state index contributed by atoms with van der Waals surface area (Å²) in [6.07, 6.45) is 1.08. The van der Waals surface area contributed by atoms with Gasteiger partial charge in [-0.1, -0.05) is 67.1 Å². The van der Waals surface area contributed by atoms with E-state index in [4.69, 9.17) is 16.3 Å². The van der Waals surface area contributed by atoms with E-state index < -0.39 is 6.04 Å². The zero-order chi connectivity index (χ0) is 25.2. The topological polar surface area (TPSA) is 58.6 Å². The second-order valence-electron chi connectivity index (χ2n) is 8.42. The maximum atomic E-state index is 13.5. The van der Waals surface area contributed by atoms with Crippen molar-refractivity contribution in [2.24, 2.45) is 0 Å². The Morgan fingerprint density at radius 3 is 2.37 bits per heavy atom. The largest absolute Gasteiger partial charge is 0.484 e. The maximum Gasteiger partial charge on any atom is 0.261 e. The molecule has 0 spiro atoms. The first-order chi connectivity index (χ1) is 16.9. The van der Waals surface area contributed by atoms with Crippen molar-refractivity contribution in [1.82, 2.24) is 10.2 Å². The van der Waals surface area contributed by atoms with E-state index in [1.807, 2.05) is 44.2 Å². The zero-order valence-corrected chi connectivity index (χ0v) is 20.7. The minimum Gasteiger partial charge on any atom is -0.484 e. The van der Waals surface area contributed by atoms with Gasteiger partial charge < -0.3 is 15.0 Å². The summed E-state index contributed by atoms with van der Waals surface area (Å²) in [6, 6.07) is 21.4. The summed E-state index contributed by atoms with van der Waals surface area (Å²) in [5, 5.41) is 3.50. The van der Waals surface area contributed by atoms with Crippen LogP contribution in [0.25, 0.3) is 0 Å². The van der Waals surface area contributed by atoms with E-state index in [0.717, 1.165) is 12.0 Å². The van der Waals surface area contributed by atoms with E-state index in [1.165, 1.54) is 17.0 Å². The lowest BCUT2D eigenvalue weighted by Gasteiger charge is -2.32. The molecule has 3 aromatic rings. The number of rotatable bonds is 11. The molecule has 1 N–H and O–H groups in total. The number of nitrogens with one attached hydrogen (secondary N) is 1. The van der Waals surface area contributed by atoms with Crippen molar-refractivity contribution < 1.29 is 18.7 Å². The Bertz CT molecular complexity index is 1110. The van der Waals surface area contributed by atoms with Gasteiger partial charge in [-0.25, -0.2) is 4.39 Å². The quantitative estimate of drug-likeness (QED) is 0.386. The summed E-state index contributed by atoms with van der Waals surface area (Å²) in [5.41, 5.74) is 1.63. The Balaban J connectivity index is 1.90. The van der Waals surface area contributed by atoms with Gasteiger partial charge in [-0.3, -0.25) is 9.59 Å². The molecule has 0 aliphatic heterocycles. The lowest BCUT2D eigenvalue weighted by atomic mass is 10.0. The van der Waals surface area contributed by atoms with Gasteiger partial charge in [0.15, 0.2) is 6.61 Å². The number of benzene rings is 3. The van der Waals surface area contributed by atoms with Gasteiger partial charge in [0.2, 0.25) is 5.91 Å². The van der Waals surface area contributed by atoms with Crippen molar-refractivity contribution in [3.8, 4) is 5.75 Å². The molecule has 0 unspecified atom stereocenters. The van der Waals surface area contributed by atoms with Crippen molar-refractivity contribution in [1.29, 1.82) is 0 Å². The van der Waals surface area contributed by atoms with E-state index in [9.17, 15) is 14.0 Å². The summed E-state index contributed by atoms with van der Waals surface area (Å²) in [4.78, 5) is 28.4. The van der Waals surface area contributed by atoms with Gasteiger partial charge in [0.05, 0.1) is 0 Å². The number of nitrogens with zero attached hydrogens (tertiary/aromatic N) is 1. The molecule has 0 radical (unpaired) electrons. The number of halogens is 2. The third-order valence-electron chi connectivity index (χ3n) is 5.70. The SMILES string of the molecule is CC[C@@H](C)NC(=O)[C@H](Cc1ccccc1)N(Cc1ccc(F)cc1)C(=O)COc1cccc(Cl)c1. The molecule has 184 valence electrons. The lowest BCUT2D eigenvalue weighted by Crippen LogP contribution is -2.53. The molecule has 5 nitrogen and oxygen atoms in total. The van der Waals surface area contributed by atoms with Crippen LogP contribution in [0.2, 0.25) is 5.02 Å². The van der Waals surface area contributed by atoms with Gasteiger partial charge >= 0.3 is 0 Å². The molecule has 2 atom stereocenters. The maximum absolute atomic E-state index is 13.5. The van der Waals surface area contributed by atoms with Crippen LogP contribution >= 0.6 is 11.6 Å². The summed E-state index contributed by atoms with van der Waals surface area (Å²) in [7, 11) is 0. The molecule has 0 fully saturated rings. The minimum absolute atomic E-state index is 0.0498. The summed E-state index contributed by atoms with van der Waals surface area (Å²) >= 11 is 6.03. The summed E-state index contributed by atoms with van der Waals surface area (Å²) in [6.45, 7) is 3.76. The highest BCUT2D eigenvalue weighted by atomic mass is 35.5. The van der Waals surface area contributed by atoms with Gasteiger partial charge in [-0.05, 0) is 54.8 Å². The molecule has 7 heteroatoms. The zero-order valence-electron chi connectivity index (χ0n) is 19.9. The molecule has 3 rings (SSSR count). The van der Waals surface area contributed by atoms with Crippen molar-refractivity contribution in [2.75, 3.05) is 6.61 Å². The first-order valence-corrected chi connectivity index (χ1v) is 12.0. The van der Waals surface area contributed by atoms with Crippen LogP contribution in [0.1, 0.15) is 31.4 Å². The van der Waals surface area contributed by atoms with Crippen LogP contribution in [-0.2, 0) is 22.6 Å². The summed E-state index contributed by atoms with van der Waals surface area (Å²) < 4.78 is 19.2. The van der Waals surface area contributed by atoms with Gasteiger partial charge in [-0.2, -0.15) is 0 Å². The molecule has 0 aromatic heterocycles. The van der Waals surface area contributed by atoms with Crippen molar-refractivity contribution in [2.45, 2.75) is 45.3 Å². The first kappa shape index (κ1) is 26.2. The monoisotopic (exact) mass is 496 g/mol. The number of hydrogen-bond acceptors (Lipinski definition) is 3. The van der Waals surface area contributed by atoms with Crippen LogP contribution in [0.4, 0.5) is 4.39 Å². The van der Waals surface area contributed by atoms with Gasteiger partial charge in [0.25, 0.3) is 5.91 Å². The molecular formula is C28H30ClFN2O3. The summed E-state index contributed by atoms with van der Waals surface area (Å²) in [5.74, 6) is -0.529. The van der Waals surface area contributed by atoms with Crippen molar-refractivity contribution >= 4 is 23.4 Å². The molecule has 3 aromatic carbocycles. The normalized spacial score (nSPS) is 12.5. The molecule has 0 saturated carbocycles. The van der Waals surface area contributed by atoms with Gasteiger partial charge in [-0.15, -0.1) is 0 Å². The first-order valence-electron chi connectivity index (χ1n) is 11.6. The second-order valence-corrected chi connectivity index (χ2v) is 8.85. The van der Waals surface area contributed by atoms with E-state index >= 15 is 0 Å². The molecule has 0 aliphatic carbocycles. The Labute approximate surface area is 210 Å². The predicted octanol–water partition coefficient (Wildman–Crippen LogP) is 5.41. The highest BCUT2D eigenvalue weighted by Crippen LogP contribution is 2.19. The number of ether oxygens (including phenoxy) is 1. The van der Waals surface area contributed by atoms with Gasteiger partial charge in [0.1, 0.15) is 17.6 Å². The number of hydrogen-bond donors (Lipinski definition) is 1.